The molecule has 0 bridgehead atoms. The van der Waals surface area contributed by atoms with E-state index in [9.17, 15) is 15.0 Å². The molecule has 2 rings (SSSR count). The number of phenolic OH excluding ortho intramolecular Hbond substituents is 1. The van der Waals surface area contributed by atoms with Crippen LogP contribution < -0.4 is 4.74 Å². The third kappa shape index (κ3) is 7.74. The van der Waals surface area contributed by atoms with E-state index in [4.69, 9.17) is 9.47 Å². The molecular formula is C27H40O5. The Morgan fingerprint density at radius 2 is 2.06 bits per heavy atom. The van der Waals surface area contributed by atoms with Crippen molar-refractivity contribution in [1.82, 2.24) is 0 Å². The number of hydrogen-bond donors (Lipinski definition) is 2. The molecule has 0 radical (unpaired) electrons. The first-order valence-electron chi connectivity index (χ1n) is 12.0. The van der Waals surface area contributed by atoms with Crippen molar-refractivity contribution in [3.8, 4) is 23.3 Å². The van der Waals surface area contributed by atoms with Crippen molar-refractivity contribution in [2.24, 2.45) is 11.3 Å². The summed E-state index contributed by atoms with van der Waals surface area (Å²) in [6.07, 6.45) is 7.77. The summed E-state index contributed by atoms with van der Waals surface area (Å²) in [6, 6.07) is 5.28. The Bertz CT molecular complexity index is 793. The predicted molar refractivity (Wildman–Crippen MR) is 127 cm³/mol. The van der Waals surface area contributed by atoms with Gasteiger partial charge in [-0.05, 0) is 49.8 Å². The topological polar surface area (TPSA) is 76.0 Å². The van der Waals surface area contributed by atoms with Gasteiger partial charge in [-0.2, -0.15) is 0 Å². The van der Waals surface area contributed by atoms with Crippen molar-refractivity contribution in [3.05, 3.63) is 23.8 Å². The normalized spacial score (nSPS) is 26.0. The van der Waals surface area contributed by atoms with Crippen LogP contribution in [-0.4, -0.2) is 35.5 Å². The first-order valence-corrected chi connectivity index (χ1v) is 12.0. The Morgan fingerprint density at radius 1 is 1.28 bits per heavy atom. The molecule has 32 heavy (non-hydrogen) atoms. The number of carbonyl (C=O) groups is 1. The van der Waals surface area contributed by atoms with Gasteiger partial charge in [-0.1, -0.05) is 45.1 Å². The molecule has 0 saturated carbocycles. The van der Waals surface area contributed by atoms with Gasteiger partial charge in [0.15, 0.2) is 11.5 Å². The Labute approximate surface area is 193 Å². The number of phenols is 1. The Hall–Kier alpha value is -2.19. The van der Waals surface area contributed by atoms with Crippen LogP contribution in [0.3, 0.4) is 0 Å². The lowest BCUT2D eigenvalue weighted by Gasteiger charge is -2.32. The molecule has 5 nitrogen and oxygen atoms in total. The number of aliphatic hydroxyl groups excluding tert-OH is 1. The zero-order chi connectivity index (χ0) is 23.6. The van der Waals surface area contributed by atoms with Gasteiger partial charge >= 0.3 is 5.97 Å². The third-order valence-corrected chi connectivity index (χ3v) is 6.70. The van der Waals surface area contributed by atoms with Crippen LogP contribution in [0, 0.1) is 23.2 Å². The van der Waals surface area contributed by atoms with E-state index >= 15 is 0 Å². The number of aliphatic hydroxyl groups is 1. The predicted octanol–water partition coefficient (Wildman–Crippen LogP) is 5.41. The molecule has 0 aliphatic heterocycles. The second-order valence-corrected chi connectivity index (χ2v) is 9.14. The Balaban J connectivity index is 2.33. The number of aromatic hydroxyl groups is 1. The van der Waals surface area contributed by atoms with Gasteiger partial charge in [-0.25, -0.2) is 0 Å². The van der Waals surface area contributed by atoms with Crippen molar-refractivity contribution >= 4 is 5.97 Å². The standard InChI is InChI=1S/C27H40O5/c1-5-7-8-14-27(6-2)15-9-10-22(17-21-11-12-24(30)26(18-21)31-4)25(32-20(3)28)19-23(29)13-16-27/h11-12,18,22-23,25,29-30H,5-8,10,13-14,16-17,19H2,1-4H3. The molecule has 0 saturated heterocycles. The number of carbonyl (C=O) groups excluding carboxylic acids is 1. The summed E-state index contributed by atoms with van der Waals surface area (Å²) >= 11 is 0. The zero-order valence-electron chi connectivity index (χ0n) is 20.2. The Morgan fingerprint density at radius 3 is 2.72 bits per heavy atom. The number of rotatable bonds is 9. The lowest BCUT2D eigenvalue weighted by Crippen LogP contribution is -2.33. The van der Waals surface area contributed by atoms with Crippen LogP contribution in [-0.2, 0) is 16.0 Å². The van der Waals surface area contributed by atoms with E-state index in [0.29, 0.717) is 31.4 Å². The minimum Gasteiger partial charge on any atom is -0.504 e. The lowest BCUT2D eigenvalue weighted by atomic mass is 9.74. The van der Waals surface area contributed by atoms with E-state index < -0.39 is 12.2 Å². The number of hydrogen-bond acceptors (Lipinski definition) is 5. The van der Waals surface area contributed by atoms with Crippen molar-refractivity contribution in [3.63, 3.8) is 0 Å². The monoisotopic (exact) mass is 444 g/mol. The van der Waals surface area contributed by atoms with Gasteiger partial charge in [0, 0.05) is 31.1 Å². The summed E-state index contributed by atoms with van der Waals surface area (Å²) in [7, 11) is 1.52. The van der Waals surface area contributed by atoms with E-state index in [0.717, 1.165) is 31.2 Å². The molecule has 178 valence electrons. The second kappa shape index (κ2) is 12.7. The molecule has 1 aromatic rings. The van der Waals surface area contributed by atoms with Crippen LogP contribution in [0.5, 0.6) is 11.5 Å². The maximum absolute atomic E-state index is 11.8. The fourth-order valence-electron chi connectivity index (χ4n) is 4.64. The molecule has 2 N–H and O–H groups in total. The van der Waals surface area contributed by atoms with Crippen LogP contribution in [0.2, 0.25) is 0 Å². The highest BCUT2D eigenvalue weighted by Gasteiger charge is 2.31. The highest BCUT2D eigenvalue weighted by atomic mass is 16.5. The van der Waals surface area contributed by atoms with E-state index in [2.05, 4.69) is 25.7 Å². The van der Waals surface area contributed by atoms with E-state index in [1.165, 1.54) is 26.9 Å². The van der Waals surface area contributed by atoms with Gasteiger partial charge in [-0.3, -0.25) is 4.79 Å². The lowest BCUT2D eigenvalue weighted by molar-refractivity contribution is -0.151. The van der Waals surface area contributed by atoms with Crippen molar-refractivity contribution in [1.29, 1.82) is 0 Å². The van der Waals surface area contributed by atoms with Gasteiger partial charge in [-0.15, -0.1) is 5.92 Å². The largest absolute Gasteiger partial charge is 0.504 e. The number of unbranched alkanes of at least 4 members (excludes halogenated alkanes) is 2. The minimum atomic E-state index is -0.534. The van der Waals surface area contributed by atoms with Gasteiger partial charge < -0.3 is 19.7 Å². The molecule has 4 atom stereocenters. The van der Waals surface area contributed by atoms with Crippen LogP contribution in [0.4, 0.5) is 0 Å². The highest BCUT2D eigenvalue weighted by molar-refractivity contribution is 5.66. The van der Waals surface area contributed by atoms with Gasteiger partial charge in [0.2, 0.25) is 0 Å². The summed E-state index contributed by atoms with van der Waals surface area (Å²) in [5, 5.41) is 20.7. The van der Waals surface area contributed by atoms with Crippen LogP contribution >= 0.6 is 0 Å². The smallest absolute Gasteiger partial charge is 0.302 e. The summed E-state index contributed by atoms with van der Waals surface area (Å²) < 4.78 is 10.9. The molecule has 1 aliphatic carbocycles. The second-order valence-electron chi connectivity index (χ2n) is 9.14. The molecule has 0 fully saturated rings. The van der Waals surface area contributed by atoms with Crippen LogP contribution in [0.1, 0.15) is 84.1 Å². The zero-order valence-corrected chi connectivity index (χ0v) is 20.2. The number of ether oxygens (including phenoxy) is 2. The minimum absolute atomic E-state index is 0.0569. The molecular weight excluding hydrogens is 404 g/mol. The highest BCUT2D eigenvalue weighted by Crippen LogP contribution is 2.37. The maximum atomic E-state index is 11.8. The molecule has 5 heteroatoms. The average Bonchev–Trinajstić information content (AvgIpc) is 2.76. The molecule has 0 aromatic heterocycles. The summed E-state index contributed by atoms with van der Waals surface area (Å²) in [6.45, 7) is 5.81. The Kier molecular flexibility index (Phi) is 10.4. The van der Waals surface area contributed by atoms with Crippen LogP contribution in [0.15, 0.2) is 18.2 Å². The maximum Gasteiger partial charge on any atom is 0.302 e. The molecule has 1 aromatic carbocycles. The van der Waals surface area contributed by atoms with Crippen LogP contribution in [0.25, 0.3) is 0 Å². The van der Waals surface area contributed by atoms with Gasteiger partial charge in [0.1, 0.15) is 6.10 Å². The first-order chi connectivity index (χ1) is 15.3. The van der Waals surface area contributed by atoms with E-state index in [1.807, 2.05) is 12.1 Å². The summed E-state index contributed by atoms with van der Waals surface area (Å²) in [4.78, 5) is 11.8. The quantitative estimate of drug-likeness (QED) is 0.303. The number of esters is 1. The fraction of sp³-hybridized carbons (Fsp3) is 0.667. The van der Waals surface area contributed by atoms with E-state index in [1.54, 1.807) is 6.07 Å². The average molecular weight is 445 g/mol. The van der Waals surface area contributed by atoms with Gasteiger partial charge in [0.05, 0.1) is 13.2 Å². The number of methoxy groups -OCH3 is 1. The number of benzene rings is 1. The fourth-order valence-corrected chi connectivity index (χ4v) is 4.64. The van der Waals surface area contributed by atoms with Gasteiger partial charge in [0.25, 0.3) is 0 Å². The van der Waals surface area contributed by atoms with Crippen molar-refractivity contribution < 1.29 is 24.5 Å². The van der Waals surface area contributed by atoms with Crippen molar-refractivity contribution in [2.75, 3.05) is 7.11 Å². The SMILES string of the molecule is CCCCCC1(CC)C#CCC(Cc2ccc(O)c(OC)c2)C(OC(C)=O)CC(O)CC1. The third-order valence-electron chi connectivity index (χ3n) is 6.70. The summed E-state index contributed by atoms with van der Waals surface area (Å²) in [5.74, 6) is 7.14. The molecule has 4 unspecified atom stereocenters. The molecule has 1 aliphatic rings. The molecule has 0 amide bonds. The van der Waals surface area contributed by atoms with Crippen molar-refractivity contribution in [2.45, 2.75) is 97.2 Å². The first kappa shape index (κ1) is 26.1. The van der Waals surface area contributed by atoms with E-state index in [-0.39, 0.29) is 23.1 Å². The molecule has 0 spiro atoms. The molecule has 0 heterocycles. The summed E-state index contributed by atoms with van der Waals surface area (Å²) in [5.41, 5.74) is 0.913.